The zero-order valence-corrected chi connectivity index (χ0v) is 11.2. The van der Waals surface area contributed by atoms with E-state index in [1.165, 1.54) is 38.8 Å². The highest BCUT2D eigenvalue weighted by Crippen LogP contribution is 2.36. The summed E-state index contributed by atoms with van der Waals surface area (Å²) < 4.78 is 0. The van der Waals surface area contributed by atoms with E-state index in [2.05, 4.69) is 31.0 Å². The zero-order valence-electron chi connectivity index (χ0n) is 11.2. The third-order valence-corrected chi connectivity index (χ3v) is 4.65. The topological polar surface area (TPSA) is 15.3 Å². The minimum absolute atomic E-state index is 0.818. The van der Waals surface area contributed by atoms with E-state index in [0.717, 1.165) is 30.5 Å². The third kappa shape index (κ3) is 2.60. The molecule has 0 aromatic heterocycles. The Morgan fingerprint density at radius 1 is 1.19 bits per heavy atom. The van der Waals surface area contributed by atoms with Crippen LogP contribution in [0.25, 0.3) is 0 Å². The number of rotatable bonds is 4. The Morgan fingerprint density at radius 3 is 2.56 bits per heavy atom. The van der Waals surface area contributed by atoms with Gasteiger partial charge in [0, 0.05) is 12.1 Å². The molecular formula is C14H28N2. The molecule has 0 bridgehead atoms. The van der Waals surface area contributed by atoms with Gasteiger partial charge < -0.3 is 5.32 Å². The van der Waals surface area contributed by atoms with Crippen LogP contribution in [-0.2, 0) is 0 Å². The molecule has 4 unspecified atom stereocenters. The fraction of sp³-hybridized carbons (Fsp3) is 1.00. The van der Waals surface area contributed by atoms with Crippen LogP contribution >= 0.6 is 0 Å². The molecular weight excluding hydrogens is 196 g/mol. The predicted molar refractivity (Wildman–Crippen MR) is 69.6 cm³/mol. The summed E-state index contributed by atoms with van der Waals surface area (Å²) in [6, 6.07) is 1.71. The van der Waals surface area contributed by atoms with Gasteiger partial charge in [-0.05, 0) is 64.1 Å². The molecule has 2 rings (SSSR count). The van der Waals surface area contributed by atoms with Gasteiger partial charge in [0.25, 0.3) is 0 Å². The molecule has 2 heteroatoms. The summed E-state index contributed by atoms with van der Waals surface area (Å²) in [5, 5.41) is 3.52. The van der Waals surface area contributed by atoms with E-state index in [4.69, 9.17) is 0 Å². The number of piperidine rings is 1. The number of likely N-dealkylation sites (tertiary alicyclic amines) is 1. The first kappa shape index (κ1) is 12.4. The maximum atomic E-state index is 3.52. The minimum Gasteiger partial charge on any atom is -0.317 e. The number of nitrogens with zero attached hydrogens (tertiary/aromatic N) is 1. The van der Waals surface area contributed by atoms with Gasteiger partial charge in [-0.15, -0.1) is 0 Å². The first-order valence-corrected chi connectivity index (χ1v) is 7.18. The molecule has 1 saturated carbocycles. The van der Waals surface area contributed by atoms with Crippen molar-refractivity contribution in [2.24, 2.45) is 11.8 Å². The van der Waals surface area contributed by atoms with Crippen LogP contribution in [0.5, 0.6) is 0 Å². The molecule has 2 nitrogen and oxygen atoms in total. The Morgan fingerprint density at radius 2 is 2.00 bits per heavy atom. The lowest BCUT2D eigenvalue weighted by atomic mass is 9.76. The molecule has 0 spiro atoms. The summed E-state index contributed by atoms with van der Waals surface area (Å²) in [5.41, 5.74) is 0. The van der Waals surface area contributed by atoms with Gasteiger partial charge >= 0.3 is 0 Å². The van der Waals surface area contributed by atoms with Gasteiger partial charge in [0.2, 0.25) is 0 Å². The van der Waals surface area contributed by atoms with E-state index < -0.39 is 0 Å². The zero-order chi connectivity index (χ0) is 11.5. The van der Waals surface area contributed by atoms with E-state index in [0.29, 0.717) is 0 Å². The van der Waals surface area contributed by atoms with Crippen molar-refractivity contribution in [1.82, 2.24) is 10.2 Å². The molecule has 1 N–H and O–H groups in total. The van der Waals surface area contributed by atoms with Gasteiger partial charge in [-0.1, -0.05) is 13.8 Å². The molecule has 1 aliphatic carbocycles. The van der Waals surface area contributed by atoms with E-state index in [1.54, 1.807) is 0 Å². The van der Waals surface area contributed by atoms with Crippen LogP contribution in [0.15, 0.2) is 0 Å². The second-order valence-corrected chi connectivity index (χ2v) is 5.93. The summed E-state index contributed by atoms with van der Waals surface area (Å²) >= 11 is 0. The van der Waals surface area contributed by atoms with Crippen LogP contribution in [0.4, 0.5) is 0 Å². The highest BCUT2D eigenvalue weighted by Gasteiger charge is 2.38. The van der Waals surface area contributed by atoms with Crippen molar-refractivity contribution < 1.29 is 0 Å². The summed E-state index contributed by atoms with van der Waals surface area (Å²) in [7, 11) is 0. The molecule has 16 heavy (non-hydrogen) atoms. The van der Waals surface area contributed by atoms with Gasteiger partial charge in [0.15, 0.2) is 0 Å². The normalized spacial score (nSPS) is 40.7. The van der Waals surface area contributed by atoms with E-state index >= 15 is 0 Å². The second kappa shape index (κ2) is 5.50. The summed E-state index contributed by atoms with van der Waals surface area (Å²) in [6.07, 6.45) is 5.70. The molecule has 4 atom stereocenters. The molecule has 94 valence electrons. The Hall–Kier alpha value is -0.0800. The van der Waals surface area contributed by atoms with Crippen LogP contribution in [0.2, 0.25) is 0 Å². The summed E-state index contributed by atoms with van der Waals surface area (Å²) in [6.45, 7) is 10.7. The van der Waals surface area contributed by atoms with Crippen LogP contribution < -0.4 is 5.32 Å². The standard InChI is InChI=1S/C14H28N2/c1-4-15-10-13-5-6-14(13)16-8-7-11(2)9-12(16)3/h11-15H,4-10H2,1-3H3. The Bertz CT molecular complexity index is 217. The molecule has 0 aromatic carbocycles. The fourth-order valence-electron chi connectivity index (χ4n) is 3.47. The first-order chi connectivity index (χ1) is 7.72. The Labute approximate surface area is 101 Å². The maximum Gasteiger partial charge on any atom is 0.0139 e. The monoisotopic (exact) mass is 224 g/mol. The molecule has 0 radical (unpaired) electrons. The first-order valence-electron chi connectivity index (χ1n) is 7.18. The lowest BCUT2D eigenvalue weighted by Crippen LogP contribution is -2.55. The number of hydrogen-bond donors (Lipinski definition) is 1. The van der Waals surface area contributed by atoms with Gasteiger partial charge in [-0.25, -0.2) is 0 Å². The van der Waals surface area contributed by atoms with Crippen molar-refractivity contribution in [3.8, 4) is 0 Å². The largest absolute Gasteiger partial charge is 0.317 e. The molecule has 1 aliphatic heterocycles. The average Bonchev–Trinajstić information content (AvgIpc) is 2.21. The molecule has 1 saturated heterocycles. The van der Waals surface area contributed by atoms with Gasteiger partial charge in [0.05, 0.1) is 0 Å². The van der Waals surface area contributed by atoms with Crippen molar-refractivity contribution in [2.45, 2.75) is 58.5 Å². The number of hydrogen-bond acceptors (Lipinski definition) is 2. The average molecular weight is 224 g/mol. The van der Waals surface area contributed by atoms with Crippen molar-refractivity contribution in [2.75, 3.05) is 19.6 Å². The smallest absolute Gasteiger partial charge is 0.0139 e. The maximum absolute atomic E-state index is 3.52. The lowest BCUT2D eigenvalue weighted by Gasteiger charge is -2.50. The van der Waals surface area contributed by atoms with E-state index in [-0.39, 0.29) is 0 Å². The van der Waals surface area contributed by atoms with Gasteiger partial charge in [-0.3, -0.25) is 4.90 Å². The Balaban J connectivity index is 1.82. The van der Waals surface area contributed by atoms with Crippen molar-refractivity contribution >= 4 is 0 Å². The highest BCUT2D eigenvalue weighted by atomic mass is 15.2. The lowest BCUT2D eigenvalue weighted by molar-refractivity contribution is 0.00227. The summed E-state index contributed by atoms with van der Waals surface area (Å²) in [5.74, 6) is 1.87. The van der Waals surface area contributed by atoms with Gasteiger partial charge in [-0.2, -0.15) is 0 Å². The van der Waals surface area contributed by atoms with Crippen molar-refractivity contribution in [3.63, 3.8) is 0 Å². The van der Waals surface area contributed by atoms with Crippen LogP contribution in [-0.4, -0.2) is 36.6 Å². The van der Waals surface area contributed by atoms with E-state index in [9.17, 15) is 0 Å². The third-order valence-electron chi connectivity index (χ3n) is 4.65. The predicted octanol–water partition coefficient (Wildman–Crippen LogP) is 2.49. The summed E-state index contributed by atoms with van der Waals surface area (Å²) in [4.78, 5) is 2.80. The number of nitrogens with one attached hydrogen (secondary N) is 1. The van der Waals surface area contributed by atoms with Gasteiger partial charge in [0.1, 0.15) is 0 Å². The van der Waals surface area contributed by atoms with Crippen molar-refractivity contribution in [1.29, 1.82) is 0 Å². The quantitative estimate of drug-likeness (QED) is 0.789. The van der Waals surface area contributed by atoms with E-state index in [1.807, 2.05) is 0 Å². The Kier molecular flexibility index (Phi) is 4.26. The molecule has 2 aliphatic rings. The van der Waals surface area contributed by atoms with Crippen molar-refractivity contribution in [3.05, 3.63) is 0 Å². The molecule has 1 heterocycles. The van der Waals surface area contributed by atoms with Crippen LogP contribution in [0.3, 0.4) is 0 Å². The second-order valence-electron chi connectivity index (χ2n) is 5.93. The van der Waals surface area contributed by atoms with Crippen LogP contribution in [0, 0.1) is 11.8 Å². The molecule has 0 amide bonds. The van der Waals surface area contributed by atoms with Crippen LogP contribution in [0.1, 0.15) is 46.5 Å². The molecule has 2 fully saturated rings. The SMILES string of the molecule is CCNCC1CCC1N1CCC(C)CC1C. The fourth-order valence-corrected chi connectivity index (χ4v) is 3.47. The highest BCUT2D eigenvalue weighted by molar-refractivity contribution is 4.93. The minimum atomic E-state index is 0.818. The molecule has 0 aromatic rings.